The number of hydrogen-bond acceptors (Lipinski definition) is 5. The van der Waals surface area contributed by atoms with E-state index in [1.54, 1.807) is 30.6 Å². The lowest BCUT2D eigenvalue weighted by atomic mass is 10.2. The maximum Gasteiger partial charge on any atom is 0.275 e. The molecule has 1 amide bonds. The molecule has 25 heavy (non-hydrogen) atoms. The van der Waals surface area contributed by atoms with Crippen LogP contribution in [0.25, 0.3) is 0 Å². The summed E-state index contributed by atoms with van der Waals surface area (Å²) in [5.74, 6) is 0.255. The molecule has 2 N–H and O–H groups in total. The molecule has 0 unspecified atom stereocenters. The van der Waals surface area contributed by atoms with E-state index in [1.165, 1.54) is 12.4 Å². The minimum absolute atomic E-state index is 0.230. The van der Waals surface area contributed by atoms with Gasteiger partial charge in [0.15, 0.2) is 0 Å². The SMILES string of the molecule is Cc1c(Cl)cccc1NC(=O)c1cnc(NCc2ccncc2)cn1. The normalized spacial score (nSPS) is 10.3. The van der Waals surface area contributed by atoms with Gasteiger partial charge < -0.3 is 10.6 Å². The second-order valence-corrected chi connectivity index (χ2v) is 5.77. The highest BCUT2D eigenvalue weighted by Crippen LogP contribution is 2.23. The van der Waals surface area contributed by atoms with E-state index in [0.717, 1.165) is 11.1 Å². The number of halogens is 1. The predicted molar refractivity (Wildman–Crippen MR) is 97.7 cm³/mol. The first kappa shape index (κ1) is 16.9. The van der Waals surface area contributed by atoms with Crippen LogP contribution in [0, 0.1) is 6.92 Å². The Bertz CT molecular complexity index is 868. The monoisotopic (exact) mass is 353 g/mol. The van der Waals surface area contributed by atoms with Crippen molar-refractivity contribution >= 4 is 29.0 Å². The number of anilines is 2. The number of benzene rings is 1. The Balaban J connectivity index is 1.63. The van der Waals surface area contributed by atoms with Crippen molar-refractivity contribution in [3.63, 3.8) is 0 Å². The molecule has 3 rings (SSSR count). The number of aromatic nitrogens is 3. The zero-order valence-electron chi connectivity index (χ0n) is 13.5. The van der Waals surface area contributed by atoms with Gasteiger partial charge in [-0.3, -0.25) is 9.78 Å². The number of rotatable bonds is 5. The van der Waals surface area contributed by atoms with Gasteiger partial charge in [-0.25, -0.2) is 9.97 Å². The predicted octanol–water partition coefficient (Wildman–Crippen LogP) is 3.70. The highest BCUT2D eigenvalue weighted by Gasteiger charge is 2.11. The topological polar surface area (TPSA) is 79.8 Å². The lowest BCUT2D eigenvalue weighted by Crippen LogP contribution is -2.15. The van der Waals surface area contributed by atoms with Gasteiger partial charge in [-0.05, 0) is 42.3 Å². The highest BCUT2D eigenvalue weighted by atomic mass is 35.5. The summed E-state index contributed by atoms with van der Waals surface area (Å²) in [6, 6.07) is 9.17. The van der Waals surface area contributed by atoms with E-state index >= 15 is 0 Å². The van der Waals surface area contributed by atoms with Gasteiger partial charge in [0.2, 0.25) is 0 Å². The fourth-order valence-electron chi connectivity index (χ4n) is 2.16. The third-order valence-electron chi connectivity index (χ3n) is 3.62. The Labute approximate surface area is 150 Å². The Morgan fingerprint density at radius 1 is 1.12 bits per heavy atom. The lowest BCUT2D eigenvalue weighted by Gasteiger charge is -2.09. The number of carbonyl (C=O) groups excluding carboxylic acids is 1. The van der Waals surface area contributed by atoms with Crippen molar-refractivity contribution in [1.29, 1.82) is 0 Å². The smallest absolute Gasteiger partial charge is 0.275 e. The molecule has 0 bridgehead atoms. The molecule has 0 atom stereocenters. The summed E-state index contributed by atoms with van der Waals surface area (Å²) in [5, 5.41) is 6.53. The Morgan fingerprint density at radius 2 is 1.92 bits per heavy atom. The fraction of sp³-hybridized carbons (Fsp3) is 0.111. The Morgan fingerprint density at radius 3 is 2.64 bits per heavy atom. The van der Waals surface area contributed by atoms with Crippen LogP contribution in [-0.2, 0) is 6.54 Å². The van der Waals surface area contributed by atoms with Crippen molar-refractivity contribution in [3.05, 3.63) is 77.0 Å². The van der Waals surface area contributed by atoms with Crippen LogP contribution in [0.1, 0.15) is 21.6 Å². The molecular formula is C18H16ClN5O. The van der Waals surface area contributed by atoms with Gasteiger partial charge in [0.1, 0.15) is 11.5 Å². The average Bonchev–Trinajstić information content (AvgIpc) is 2.65. The zero-order chi connectivity index (χ0) is 17.6. The van der Waals surface area contributed by atoms with Gasteiger partial charge in [-0.1, -0.05) is 17.7 Å². The number of amides is 1. The van der Waals surface area contributed by atoms with E-state index in [2.05, 4.69) is 25.6 Å². The van der Waals surface area contributed by atoms with Crippen LogP contribution in [0.15, 0.2) is 55.1 Å². The third-order valence-corrected chi connectivity index (χ3v) is 4.03. The minimum Gasteiger partial charge on any atom is -0.365 e. The third kappa shape index (κ3) is 4.30. The number of pyridine rings is 1. The standard InChI is InChI=1S/C18H16ClN5O/c1-12-14(19)3-2-4-15(12)24-18(25)16-10-23-17(11-21-16)22-9-13-5-7-20-8-6-13/h2-8,10-11H,9H2,1H3,(H,22,23)(H,24,25). The molecule has 126 valence electrons. The van der Waals surface area contributed by atoms with Crippen molar-refractivity contribution in [2.24, 2.45) is 0 Å². The van der Waals surface area contributed by atoms with Crippen LogP contribution in [0.2, 0.25) is 5.02 Å². The van der Waals surface area contributed by atoms with E-state index in [0.29, 0.717) is 23.1 Å². The quantitative estimate of drug-likeness (QED) is 0.731. The molecule has 0 aliphatic rings. The maximum absolute atomic E-state index is 12.3. The van der Waals surface area contributed by atoms with E-state index in [4.69, 9.17) is 11.6 Å². The fourth-order valence-corrected chi connectivity index (χ4v) is 2.33. The average molecular weight is 354 g/mol. The summed E-state index contributed by atoms with van der Waals surface area (Å²) >= 11 is 6.06. The van der Waals surface area contributed by atoms with Crippen molar-refractivity contribution in [2.75, 3.05) is 10.6 Å². The van der Waals surface area contributed by atoms with Gasteiger partial charge >= 0.3 is 0 Å². The molecule has 6 nitrogen and oxygen atoms in total. The summed E-state index contributed by atoms with van der Waals surface area (Å²) in [6.45, 7) is 2.44. The van der Waals surface area contributed by atoms with E-state index < -0.39 is 0 Å². The van der Waals surface area contributed by atoms with Crippen molar-refractivity contribution in [1.82, 2.24) is 15.0 Å². The molecule has 0 radical (unpaired) electrons. The Hall–Kier alpha value is -2.99. The van der Waals surface area contributed by atoms with Gasteiger partial charge in [0, 0.05) is 29.6 Å². The van der Waals surface area contributed by atoms with Crippen LogP contribution in [0.4, 0.5) is 11.5 Å². The first-order chi connectivity index (χ1) is 12.1. The molecule has 7 heteroatoms. The maximum atomic E-state index is 12.3. The van der Waals surface area contributed by atoms with Crippen LogP contribution in [0.5, 0.6) is 0 Å². The highest BCUT2D eigenvalue weighted by molar-refractivity contribution is 6.31. The number of nitrogens with one attached hydrogen (secondary N) is 2. The van der Waals surface area contributed by atoms with Gasteiger partial charge in [-0.2, -0.15) is 0 Å². The van der Waals surface area contributed by atoms with Crippen LogP contribution >= 0.6 is 11.6 Å². The summed E-state index contributed by atoms with van der Waals surface area (Å²) in [4.78, 5) is 24.6. The molecular weight excluding hydrogens is 338 g/mol. The molecule has 0 fully saturated rings. The van der Waals surface area contributed by atoms with Crippen molar-refractivity contribution in [3.8, 4) is 0 Å². The van der Waals surface area contributed by atoms with Gasteiger partial charge in [0.25, 0.3) is 5.91 Å². The van der Waals surface area contributed by atoms with Crippen molar-refractivity contribution in [2.45, 2.75) is 13.5 Å². The Kier molecular flexibility index (Phi) is 5.20. The number of hydrogen-bond donors (Lipinski definition) is 2. The summed E-state index contributed by atoms with van der Waals surface area (Å²) < 4.78 is 0. The molecule has 0 saturated carbocycles. The number of nitrogens with zero attached hydrogens (tertiary/aromatic N) is 3. The molecule has 0 aliphatic heterocycles. The summed E-state index contributed by atoms with van der Waals surface area (Å²) in [5.41, 5.74) is 2.77. The largest absolute Gasteiger partial charge is 0.365 e. The van der Waals surface area contributed by atoms with Crippen LogP contribution < -0.4 is 10.6 Å². The molecule has 2 heterocycles. The second-order valence-electron chi connectivity index (χ2n) is 5.36. The molecule has 0 saturated heterocycles. The molecule has 2 aromatic heterocycles. The zero-order valence-corrected chi connectivity index (χ0v) is 14.3. The van der Waals surface area contributed by atoms with E-state index in [-0.39, 0.29) is 11.6 Å². The van der Waals surface area contributed by atoms with Gasteiger partial charge in [0.05, 0.1) is 12.4 Å². The van der Waals surface area contributed by atoms with E-state index in [9.17, 15) is 4.79 Å². The van der Waals surface area contributed by atoms with Crippen LogP contribution in [0.3, 0.4) is 0 Å². The minimum atomic E-state index is -0.335. The molecule has 0 spiro atoms. The van der Waals surface area contributed by atoms with Crippen molar-refractivity contribution < 1.29 is 4.79 Å². The first-order valence-corrected chi connectivity index (χ1v) is 8.02. The number of carbonyl (C=O) groups is 1. The molecule has 3 aromatic rings. The molecule has 1 aromatic carbocycles. The van der Waals surface area contributed by atoms with Crippen LogP contribution in [-0.4, -0.2) is 20.9 Å². The molecule has 0 aliphatic carbocycles. The lowest BCUT2D eigenvalue weighted by molar-refractivity contribution is 0.102. The second kappa shape index (κ2) is 7.72. The van der Waals surface area contributed by atoms with Gasteiger partial charge in [-0.15, -0.1) is 0 Å². The first-order valence-electron chi connectivity index (χ1n) is 7.65. The summed E-state index contributed by atoms with van der Waals surface area (Å²) in [6.07, 6.45) is 6.42. The van der Waals surface area contributed by atoms with E-state index in [1.807, 2.05) is 19.1 Å². The summed E-state index contributed by atoms with van der Waals surface area (Å²) in [7, 11) is 0.